The highest BCUT2D eigenvalue weighted by Gasteiger charge is 2.31. The SMILES string of the molecule is Cc1cccc2cccc(-c3ccc4c(-c5ccccc5)c5c(c(-c6ccccc6)c4c3)-c3cccc4c3c-5cc3ccccc34)c12. The lowest BCUT2D eigenvalue weighted by Crippen LogP contribution is -1.94. The van der Waals surface area contributed by atoms with Crippen molar-refractivity contribution >= 4 is 43.1 Å². The van der Waals surface area contributed by atoms with E-state index in [1.165, 1.54) is 104 Å². The first-order valence-electron chi connectivity index (χ1n) is 16.4. The molecule has 0 bridgehead atoms. The minimum Gasteiger partial charge on any atom is -0.0622 e. The van der Waals surface area contributed by atoms with E-state index in [0.717, 1.165) is 0 Å². The Morgan fingerprint density at radius 2 is 0.894 bits per heavy atom. The van der Waals surface area contributed by atoms with Crippen LogP contribution in [-0.2, 0) is 0 Å². The second-order valence-electron chi connectivity index (χ2n) is 12.8. The minimum atomic E-state index is 1.24. The number of benzene rings is 9. The first-order chi connectivity index (χ1) is 23.3. The highest BCUT2D eigenvalue weighted by Crippen LogP contribution is 2.58. The standard InChI is InChI=1S/C47H30/c1-29-13-10-19-30-20-11-22-36(42(29)30)34-25-26-38-40(27-34)44(32-16-6-3-7-17-32)46-39-24-12-23-37-35-21-9-8-18-33(35)28-41(45(37)39)47(46)43(38)31-14-4-2-5-15-31/h2-28H,1H3. The summed E-state index contributed by atoms with van der Waals surface area (Å²) < 4.78 is 0. The molecule has 0 saturated carbocycles. The molecule has 0 heteroatoms. The van der Waals surface area contributed by atoms with Crippen LogP contribution in [0.25, 0.3) is 98.7 Å². The van der Waals surface area contributed by atoms with E-state index in [1.54, 1.807) is 0 Å². The lowest BCUT2D eigenvalue weighted by molar-refractivity contribution is 1.53. The second-order valence-corrected chi connectivity index (χ2v) is 12.8. The first kappa shape index (κ1) is 26.3. The number of fused-ring (bicyclic) bond motifs is 7. The quantitative estimate of drug-likeness (QED) is 0.179. The van der Waals surface area contributed by atoms with Crippen LogP contribution < -0.4 is 0 Å². The molecule has 0 radical (unpaired) electrons. The van der Waals surface area contributed by atoms with Crippen LogP contribution in [0.4, 0.5) is 0 Å². The Labute approximate surface area is 274 Å². The summed E-state index contributed by atoms with van der Waals surface area (Å²) in [5.74, 6) is 0. The molecule has 0 atom stereocenters. The van der Waals surface area contributed by atoms with E-state index in [1.807, 2.05) is 0 Å². The zero-order chi connectivity index (χ0) is 31.1. The molecule has 10 rings (SSSR count). The summed E-state index contributed by atoms with van der Waals surface area (Å²) in [6.45, 7) is 2.23. The lowest BCUT2D eigenvalue weighted by atomic mass is 9.81. The molecule has 0 amide bonds. The monoisotopic (exact) mass is 594 g/mol. The van der Waals surface area contributed by atoms with E-state index in [2.05, 4.69) is 171 Å². The van der Waals surface area contributed by atoms with Gasteiger partial charge in [0.1, 0.15) is 0 Å². The molecule has 0 unspecified atom stereocenters. The average Bonchev–Trinajstić information content (AvgIpc) is 3.45. The van der Waals surface area contributed by atoms with Gasteiger partial charge in [-0.2, -0.15) is 0 Å². The highest BCUT2D eigenvalue weighted by molar-refractivity contribution is 6.31. The van der Waals surface area contributed by atoms with Crippen LogP contribution in [0.3, 0.4) is 0 Å². The van der Waals surface area contributed by atoms with E-state index < -0.39 is 0 Å². The lowest BCUT2D eigenvalue weighted by Gasteiger charge is -2.21. The molecule has 47 heavy (non-hydrogen) atoms. The van der Waals surface area contributed by atoms with Gasteiger partial charge in [-0.1, -0.05) is 152 Å². The Morgan fingerprint density at radius 3 is 1.68 bits per heavy atom. The van der Waals surface area contributed by atoms with Crippen molar-refractivity contribution in [2.24, 2.45) is 0 Å². The van der Waals surface area contributed by atoms with E-state index in [-0.39, 0.29) is 0 Å². The maximum absolute atomic E-state index is 2.46. The van der Waals surface area contributed by atoms with Gasteiger partial charge in [-0.05, 0) is 123 Å². The summed E-state index contributed by atoms with van der Waals surface area (Å²) in [5, 5.41) is 10.4. The summed E-state index contributed by atoms with van der Waals surface area (Å²) in [7, 11) is 0. The minimum absolute atomic E-state index is 1.24. The van der Waals surface area contributed by atoms with Crippen molar-refractivity contribution in [3.63, 3.8) is 0 Å². The predicted octanol–water partition coefficient (Wildman–Crippen LogP) is 13.3. The zero-order valence-corrected chi connectivity index (χ0v) is 26.1. The van der Waals surface area contributed by atoms with Gasteiger partial charge >= 0.3 is 0 Å². The van der Waals surface area contributed by atoms with Crippen molar-refractivity contribution < 1.29 is 0 Å². The van der Waals surface area contributed by atoms with Crippen LogP contribution in [0.2, 0.25) is 0 Å². The number of aryl methyl sites for hydroxylation is 1. The zero-order valence-electron chi connectivity index (χ0n) is 26.1. The molecule has 1 aliphatic carbocycles. The van der Waals surface area contributed by atoms with Gasteiger partial charge in [-0.15, -0.1) is 0 Å². The van der Waals surface area contributed by atoms with Crippen molar-refractivity contribution in [1.29, 1.82) is 0 Å². The van der Waals surface area contributed by atoms with Crippen LogP contribution in [0.1, 0.15) is 5.56 Å². The third kappa shape index (κ3) is 3.76. The third-order valence-corrected chi connectivity index (χ3v) is 10.3. The number of hydrogen-bond acceptors (Lipinski definition) is 0. The van der Waals surface area contributed by atoms with Crippen LogP contribution >= 0.6 is 0 Å². The number of rotatable bonds is 3. The van der Waals surface area contributed by atoms with Crippen LogP contribution in [0, 0.1) is 6.92 Å². The Hall–Kier alpha value is -5.98. The van der Waals surface area contributed by atoms with E-state index in [0.29, 0.717) is 0 Å². The van der Waals surface area contributed by atoms with Crippen molar-refractivity contribution in [1.82, 2.24) is 0 Å². The Kier molecular flexibility index (Phi) is 5.59. The van der Waals surface area contributed by atoms with Gasteiger partial charge in [-0.25, -0.2) is 0 Å². The van der Waals surface area contributed by atoms with Crippen LogP contribution in [0.5, 0.6) is 0 Å². The maximum Gasteiger partial charge on any atom is -0.000719 e. The molecule has 0 saturated heterocycles. The molecule has 9 aromatic rings. The molecule has 0 nitrogen and oxygen atoms in total. The molecule has 0 N–H and O–H groups in total. The van der Waals surface area contributed by atoms with Gasteiger partial charge in [0.25, 0.3) is 0 Å². The average molecular weight is 595 g/mol. The second kappa shape index (κ2) is 10.0. The fourth-order valence-electron chi connectivity index (χ4n) is 8.34. The van der Waals surface area contributed by atoms with E-state index >= 15 is 0 Å². The van der Waals surface area contributed by atoms with E-state index in [4.69, 9.17) is 0 Å². The predicted molar refractivity (Wildman–Crippen MR) is 202 cm³/mol. The van der Waals surface area contributed by atoms with E-state index in [9.17, 15) is 0 Å². The Bertz CT molecular complexity index is 2710. The van der Waals surface area contributed by atoms with Gasteiger partial charge in [-0.3, -0.25) is 0 Å². The smallest absolute Gasteiger partial charge is 0.000719 e. The normalized spacial score (nSPS) is 11.9. The summed E-state index contributed by atoms with van der Waals surface area (Å²) in [5.41, 5.74) is 14.3. The molecule has 1 aliphatic rings. The topological polar surface area (TPSA) is 0 Å². The molecule has 0 heterocycles. The summed E-state index contributed by atoms with van der Waals surface area (Å²) in [4.78, 5) is 0. The summed E-state index contributed by atoms with van der Waals surface area (Å²) >= 11 is 0. The largest absolute Gasteiger partial charge is 0.0622 e. The fraction of sp³-hybridized carbons (Fsp3) is 0.0213. The molecular formula is C47H30. The summed E-state index contributed by atoms with van der Waals surface area (Å²) in [6.07, 6.45) is 0. The highest BCUT2D eigenvalue weighted by atomic mass is 14.3. The molecule has 0 spiro atoms. The van der Waals surface area contributed by atoms with Gasteiger partial charge in [0.15, 0.2) is 0 Å². The van der Waals surface area contributed by atoms with Crippen molar-refractivity contribution in [3.8, 4) is 55.6 Å². The van der Waals surface area contributed by atoms with Crippen molar-refractivity contribution in [3.05, 3.63) is 169 Å². The van der Waals surface area contributed by atoms with Crippen molar-refractivity contribution in [2.75, 3.05) is 0 Å². The van der Waals surface area contributed by atoms with Crippen LogP contribution in [0.15, 0.2) is 164 Å². The first-order valence-corrected chi connectivity index (χ1v) is 16.4. The fourth-order valence-corrected chi connectivity index (χ4v) is 8.34. The molecule has 218 valence electrons. The molecule has 0 aliphatic heterocycles. The Morgan fingerprint density at radius 1 is 0.298 bits per heavy atom. The Balaban J connectivity index is 1.42. The maximum atomic E-state index is 2.46. The van der Waals surface area contributed by atoms with Gasteiger partial charge in [0.05, 0.1) is 0 Å². The molecule has 9 aromatic carbocycles. The van der Waals surface area contributed by atoms with Gasteiger partial charge in [0.2, 0.25) is 0 Å². The van der Waals surface area contributed by atoms with Crippen LogP contribution in [-0.4, -0.2) is 0 Å². The van der Waals surface area contributed by atoms with Gasteiger partial charge < -0.3 is 0 Å². The third-order valence-electron chi connectivity index (χ3n) is 10.3. The van der Waals surface area contributed by atoms with Gasteiger partial charge in [0, 0.05) is 0 Å². The molecular weight excluding hydrogens is 565 g/mol. The summed E-state index contributed by atoms with van der Waals surface area (Å²) in [6, 6.07) is 60.8. The molecule has 0 fully saturated rings. The molecule has 0 aromatic heterocycles. The van der Waals surface area contributed by atoms with Crippen molar-refractivity contribution in [2.45, 2.75) is 6.92 Å². The number of hydrogen-bond donors (Lipinski definition) is 0.